The zero-order valence-corrected chi connectivity index (χ0v) is 10.8. The van der Waals surface area contributed by atoms with Gasteiger partial charge in [0, 0.05) is 19.1 Å². The van der Waals surface area contributed by atoms with Gasteiger partial charge in [0.15, 0.2) is 9.76 Å². The quantitative estimate of drug-likeness (QED) is 0.449. The molecule has 0 aliphatic carbocycles. The molecule has 0 saturated carbocycles. The maximum Gasteiger partial charge on any atom is 0.161 e. The van der Waals surface area contributed by atoms with Crippen molar-refractivity contribution in [2.24, 2.45) is 5.41 Å². The second-order valence-electron chi connectivity index (χ2n) is 4.10. The number of ether oxygens (including phenoxy) is 2. The lowest BCUT2D eigenvalue weighted by Crippen LogP contribution is -2.45. The lowest BCUT2D eigenvalue weighted by molar-refractivity contribution is -0.150. The molecule has 1 rings (SSSR count). The third kappa shape index (κ3) is 3.69. The van der Waals surface area contributed by atoms with Gasteiger partial charge in [-0.15, -0.1) is 0 Å². The van der Waals surface area contributed by atoms with Crippen molar-refractivity contribution in [1.29, 1.82) is 0 Å². The van der Waals surface area contributed by atoms with Gasteiger partial charge in [0.2, 0.25) is 0 Å². The average molecular weight is 218 g/mol. The summed E-state index contributed by atoms with van der Waals surface area (Å²) in [5, 5.41) is 0. The van der Waals surface area contributed by atoms with Gasteiger partial charge in [-0.25, -0.2) is 0 Å². The molecule has 3 nitrogen and oxygen atoms in total. The summed E-state index contributed by atoms with van der Waals surface area (Å²) in [6.45, 7) is 5.74. The topological polar surface area (TPSA) is 27.7 Å². The normalized spacial score (nSPS) is 20.1. The van der Waals surface area contributed by atoms with Gasteiger partial charge in [-0.2, -0.15) is 0 Å². The maximum absolute atomic E-state index is 5.67. The highest BCUT2D eigenvalue weighted by atomic mass is 28.2. The molecule has 0 radical (unpaired) electrons. The lowest BCUT2D eigenvalue weighted by Gasteiger charge is -2.40. The maximum atomic E-state index is 5.67. The zero-order valence-electron chi connectivity index (χ0n) is 9.38. The van der Waals surface area contributed by atoms with Crippen LogP contribution in [0.1, 0.15) is 19.8 Å². The Morgan fingerprint density at radius 3 is 2.71 bits per heavy atom. The minimum absolute atomic E-state index is 0.242. The second-order valence-corrected chi connectivity index (χ2v) is 5.79. The Bertz CT molecular complexity index is 143. The summed E-state index contributed by atoms with van der Waals surface area (Å²) in [5.74, 6) is 0. The summed E-state index contributed by atoms with van der Waals surface area (Å²) < 4.78 is 16.0. The summed E-state index contributed by atoms with van der Waals surface area (Å²) in [7, 11) is 1.55. The Kier molecular flexibility index (Phi) is 5.70. The van der Waals surface area contributed by atoms with Gasteiger partial charge in [-0.1, -0.05) is 6.92 Å². The molecule has 1 aliphatic heterocycles. The van der Waals surface area contributed by atoms with E-state index in [9.17, 15) is 0 Å². The van der Waals surface area contributed by atoms with E-state index >= 15 is 0 Å². The van der Waals surface area contributed by atoms with Crippen LogP contribution in [-0.2, 0) is 13.9 Å². The average Bonchev–Trinajstić information content (AvgIpc) is 2.15. The highest BCUT2D eigenvalue weighted by Gasteiger charge is 2.36. The van der Waals surface area contributed by atoms with Crippen LogP contribution in [0.15, 0.2) is 0 Å². The SMILES string of the molecule is CCC1(COCCC[SiH2]OC)COC1. The molecule has 84 valence electrons. The van der Waals surface area contributed by atoms with Gasteiger partial charge in [0.1, 0.15) is 0 Å². The summed E-state index contributed by atoms with van der Waals surface area (Å²) in [4.78, 5) is 0. The molecule has 14 heavy (non-hydrogen) atoms. The number of hydrogen-bond acceptors (Lipinski definition) is 3. The second kappa shape index (κ2) is 6.56. The molecular formula is C10H22O3Si. The summed E-state index contributed by atoms with van der Waals surface area (Å²) in [6.07, 6.45) is 2.32. The Balaban J connectivity index is 1.92. The van der Waals surface area contributed by atoms with Crippen molar-refractivity contribution in [3.05, 3.63) is 0 Å². The van der Waals surface area contributed by atoms with Crippen LogP contribution in [0, 0.1) is 5.41 Å². The minimum atomic E-state index is -0.242. The van der Waals surface area contributed by atoms with E-state index in [4.69, 9.17) is 13.9 Å². The molecule has 0 unspecified atom stereocenters. The molecule has 0 spiro atoms. The smallest absolute Gasteiger partial charge is 0.161 e. The zero-order chi connectivity index (χ0) is 10.3. The number of hydrogen-bond donors (Lipinski definition) is 0. The molecular weight excluding hydrogens is 196 g/mol. The van der Waals surface area contributed by atoms with E-state index in [1.807, 2.05) is 0 Å². The van der Waals surface area contributed by atoms with Gasteiger partial charge in [0.25, 0.3) is 0 Å². The van der Waals surface area contributed by atoms with E-state index in [2.05, 4.69) is 6.92 Å². The third-order valence-corrected chi connectivity index (χ3v) is 4.06. The first kappa shape index (κ1) is 12.2. The number of rotatable bonds is 8. The predicted octanol–water partition coefficient (Wildman–Crippen LogP) is 0.968. The van der Waals surface area contributed by atoms with E-state index in [1.165, 1.54) is 12.5 Å². The fraction of sp³-hybridized carbons (Fsp3) is 1.00. The molecule has 1 heterocycles. The van der Waals surface area contributed by atoms with Gasteiger partial charge in [0.05, 0.1) is 19.8 Å². The van der Waals surface area contributed by atoms with Crippen molar-refractivity contribution in [2.45, 2.75) is 25.8 Å². The van der Waals surface area contributed by atoms with E-state index in [0.717, 1.165) is 32.8 Å². The van der Waals surface area contributed by atoms with Crippen LogP contribution >= 0.6 is 0 Å². The van der Waals surface area contributed by atoms with Crippen LogP contribution in [0.3, 0.4) is 0 Å². The summed E-state index contributed by atoms with van der Waals surface area (Å²) in [6, 6.07) is 1.23. The van der Waals surface area contributed by atoms with Gasteiger partial charge in [-0.3, -0.25) is 0 Å². The van der Waals surface area contributed by atoms with Crippen molar-refractivity contribution in [3.8, 4) is 0 Å². The van der Waals surface area contributed by atoms with Gasteiger partial charge < -0.3 is 13.9 Å². The molecule has 1 saturated heterocycles. The molecule has 0 atom stereocenters. The predicted molar refractivity (Wildman–Crippen MR) is 59.3 cm³/mol. The van der Waals surface area contributed by atoms with Crippen LogP contribution < -0.4 is 0 Å². The van der Waals surface area contributed by atoms with Crippen LogP contribution in [0.2, 0.25) is 6.04 Å². The van der Waals surface area contributed by atoms with Crippen LogP contribution in [0.5, 0.6) is 0 Å². The van der Waals surface area contributed by atoms with Crippen molar-refractivity contribution < 1.29 is 13.9 Å². The Morgan fingerprint density at radius 2 is 2.21 bits per heavy atom. The minimum Gasteiger partial charge on any atom is -0.427 e. The molecule has 4 heteroatoms. The highest BCUT2D eigenvalue weighted by Crippen LogP contribution is 2.31. The van der Waals surface area contributed by atoms with Gasteiger partial charge >= 0.3 is 0 Å². The van der Waals surface area contributed by atoms with Crippen LogP contribution in [0.25, 0.3) is 0 Å². The van der Waals surface area contributed by atoms with E-state index in [-0.39, 0.29) is 9.76 Å². The first-order valence-corrected chi connectivity index (χ1v) is 7.05. The van der Waals surface area contributed by atoms with Crippen molar-refractivity contribution in [1.82, 2.24) is 0 Å². The molecule has 0 aromatic rings. The molecule has 0 aromatic heterocycles. The fourth-order valence-electron chi connectivity index (χ4n) is 1.52. The van der Waals surface area contributed by atoms with E-state index in [1.54, 1.807) is 7.11 Å². The van der Waals surface area contributed by atoms with Crippen molar-refractivity contribution >= 4 is 9.76 Å². The largest absolute Gasteiger partial charge is 0.427 e. The monoisotopic (exact) mass is 218 g/mol. The Hall–Kier alpha value is 0.0969. The third-order valence-electron chi connectivity index (χ3n) is 2.86. The Morgan fingerprint density at radius 1 is 1.43 bits per heavy atom. The molecule has 0 aromatic carbocycles. The van der Waals surface area contributed by atoms with E-state index < -0.39 is 0 Å². The van der Waals surface area contributed by atoms with Crippen molar-refractivity contribution in [3.63, 3.8) is 0 Å². The van der Waals surface area contributed by atoms with Crippen LogP contribution in [0.4, 0.5) is 0 Å². The van der Waals surface area contributed by atoms with Crippen LogP contribution in [-0.4, -0.2) is 43.3 Å². The first-order chi connectivity index (χ1) is 6.83. The van der Waals surface area contributed by atoms with Crippen molar-refractivity contribution in [2.75, 3.05) is 33.5 Å². The fourth-order valence-corrected chi connectivity index (χ4v) is 2.22. The first-order valence-electron chi connectivity index (χ1n) is 5.47. The lowest BCUT2D eigenvalue weighted by atomic mass is 9.84. The summed E-state index contributed by atoms with van der Waals surface area (Å²) in [5.41, 5.74) is 0.346. The molecule has 0 bridgehead atoms. The highest BCUT2D eigenvalue weighted by molar-refractivity contribution is 6.26. The Labute approximate surface area is 89.1 Å². The summed E-state index contributed by atoms with van der Waals surface area (Å²) >= 11 is 0. The standard InChI is InChI=1S/C10H22O3Si/c1-3-10(8-13-9-10)7-12-5-4-6-14-11-2/h3-9,14H2,1-2H3. The molecule has 0 N–H and O–H groups in total. The molecule has 1 fully saturated rings. The molecule has 0 amide bonds. The van der Waals surface area contributed by atoms with E-state index in [0.29, 0.717) is 5.41 Å². The molecule has 1 aliphatic rings. The van der Waals surface area contributed by atoms with Gasteiger partial charge in [-0.05, 0) is 18.9 Å².